The second-order valence-electron chi connectivity index (χ2n) is 2.64. The lowest BCUT2D eigenvalue weighted by atomic mass is 10.3. The average Bonchev–Trinajstić information content (AvgIpc) is 1.90. The highest BCUT2D eigenvalue weighted by molar-refractivity contribution is 7.96. The summed E-state index contributed by atoms with van der Waals surface area (Å²) in [6.45, 7) is 8.91. The van der Waals surface area contributed by atoms with Gasteiger partial charge in [0, 0.05) is 0 Å². The molecule has 0 heterocycles. The van der Waals surface area contributed by atoms with E-state index in [1.54, 1.807) is 0 Å². The van der Waals surface area contributed by atoms with E-state index >= 15 is 0 Å². The zero-order valence-electron chi connectivity index (χ0n) is 7.61. The van der Waals surface area contributed by atoms with Crippen LogP contribution in [-0.4, -0.2) is 17.3 Å². The molecule has 0 aromatic carbocycles. The third kappa shape index (κ3) is 4.92. The highest BCUT2D eigenvalue weighted by Gasteiger charge is 2.08. The molecule has 0 unspecified atom stereocenters. The third-order valence-corrected chi connectivity index (χ3v) is 3.81. The number of allylic oxidation sites excluding steroid dienone is 1. The molecule has 10 heavy (non-hydrogen) atoms. The van der Waals surface area contributed by atoms with Crippen LogP contribution in [-0.2, 0) is 10.9 Å². The monoisotopic (exact) mass is 159 g/mol. The maximum absolute atomic E-state index is 2.36. The minimum absolute atomic E-state index is 0.665. The van der Waals surface area contributed by atoms with Gasteiger partial charge in [-0.3, -0.25) is 0 Å². The summed E-state index contributed by atoms with van der Waals surface area (Å²) in [6, 6.07) is 0. The average molecular weight is 159 g/mol. The van der Waals surface area contributed by atoms with Crippen molar-refractivity contribution in [3.8, 4) is 0 Å². The van der Waals surface area contributed by atoms with Gasteiger partial charge in [-0.1, -0.05) is 5.57 Å². The van der Waals surface area contributed by atoms with Crippen LogP contribution in [0.5, 0.6) is 0 Å². The molecule has 0 aliphatic carbocycles. The van der Waals surface area contributed by atoms with Crippen molar-refractivity contribution in [1.29, 1.82) is 0 Å². The van der Waals surface area contributed by atoms with Crippen molar-refractivity contribution in [2.45, 2.75) is 27.7 Å². The molecule has 60 valence electrons. The first-order valence-electron chi connectivity index (χ1n) is 3.98. The summed E-state index contributed by atoms with van der Waals surface area (Å²) in [7, 11) is 0.665. The van der Waals surface area contributed by atoms with Gasteiger partial charge >= 0.3 is 0 Å². The zero-order valence-corrected chi connectivity index (χ0v) is 8.42. The topological polar surface area (TPSA) is 0 Å². The van der Waals surface area contributed by atoms with Gasteiger partial charge in [-0.25, -0.2) is 0 Å². The van der Waals surface area contributed by atoms with Crippen LogP contribution in [0, 0.1) is 0 Å². The molecule has 0 saturated carbocycles. The van der Waals surface area contributed by atoms with E-state index < -0.39 is 0 Å². The molecule has 0 aliphatic heterocycles. The zero-order chi connectivity index (χ0) is 7.98. The minimum atomic E-state index is 0.665. The maximum atomic E-state index is 2.36. The normalized spacial score (nSPS) is 10.1. The number of hydrogen-bond donors (Lipinski definition) is 0. The van der Waals surface area contributed by atoms with Gasteiger partial charge in [-0.2, -0.15) is 0 Å². The summed E-state index contributed by atoms with van der Waals surface area (Å²) >= 11 is 0. The Kier molecular flexibility index (Phi) is 5.90. The lowest BCUT2D eigenvalue weighted by Crippen LogP contribution is -2.10. The summed E-state index contributed by atoms with van der Waals surface area (Å²) < 4.78 is 0. The number of rotatable bonds is 4. The fourth-order valence-corrected chi connectivity index (χ4v) is 2.17. The second kappa shape index (κ2) is 5.84. The molecule has 0 rings (SSSR count). The SMILES string of the molecule is CC[S+](CC)CC=C(C)C. The molecule has 0 nitrogen and oxygen atoms in total. The predicted octanol–water partition coefficient (Wildman–Crippen LogP) is 2.61. The van der Waals surface area contributed by atoms with Gasteiger partial charge in [-0.15, -0.1) is 0 Å². The van der Waals surface area contributed by atoms with Crippen LogP contribution in [0.3, 0.4) is 0 Å². The fourth-order valence-electron chi connectivity index (χ4n) is 0.724. The van der Waals surface area contributed by atoms with E-state index in [0.29, 0.717) is 10.9 Å². The van der Waals surface area contributed by atoms with Crippen LogP contribution in [0.1, 0.15) is 27.7 Å². The van der Waals surface area contributed by atoms with E-state index in [-0.39, 0.29) is 0 Å². The lowest BCUT2D eigenvalue weighted by molar-refractivity contribution is 1.35. The summed E-state index contributed by atoms with van der Waals surface area (Å²) in [5.41, 5.74) is 1.46. The molecule has 0 fully saturated rings. The molecule has 0 saturated heterocycles. The molecule has 1 heteroatoms. The van der Waals surface area contributed by atoms with Gasteiger partial charge in [-0.05, 0) is 44.7 Å². The Morgan fingerprint density at radius 2 is 1.70 bits per heavy atom. The summed E-state index contributed by atoms with van der Waals surface area (Å²) in [4.78, 5) is 0. The molecule has 0 aromatic rings. The van der Waals surface area contributed by atoms with Gasteiger partial charge in [0.1, 0.15) is 17.3 Å². The summed E-state index contributed by atoms with van der Waals surface area (Å²) in [5, 5.41) is 0. The Morgan fingerprint density at radius 1 is 1.20 bits per heavy atom. The van der Waals surface area contributed by atoms with Crippen molar-refractivity contribution in [2.75, 3.05) is 17.3 Å². The lowest BCUT2D eigenvalue weighted by Gasteiger charge is -1.99. The molecule has 0 amide bonds. The van der Waals surface area contributed by atoms with E-state index in [9.17, 15) is 0 Å². The Morgan fingerprint density at radius 3 is 2.00 bits per heavy atom. The Hall–Kier alpha value is 0.0900. The Bertz CT molecular complexity index is 97.3. The molecular weight excluding hydrogens is 140 g/mol. The standard InChI is InChI=1S/C9H19S/c1-5-10(6-2)8-7-9(3)4/h7H,5-6,8H2,1-4H3/q+1. The maximum Gasteiger partial charge on any atom is 0.126 e. The highest BCUT2D eigenvalue weighted by Crippen LogP contribution is 1.99. The molecule has 0 aromatic heterocycles. The first-order valence-corrected chi connectivity index (χ1v) is 5.71. The van der Waals surface area contributed by atoms with Gasteiger partial charge in [0.2, 0.25) is 0 Å². The van der Waals surface area contributed by atoms with Crippen LogP contribution < -0.4 is 0 Å². The Balaban J connectivity index is 3.54. The Labute approximate surface area is 68.1 Å². The van der Waals surface area contributed by atoms with Crippen molar-refractivity contribution in [3.63, 3.8) is 0 Å². The van der Waals surface area contributed by atoms with E-state index in [1.165, 1.54) is 22.8 Å². The predicted molar refractivity (Wildman–Crippen MR) is 52.7 cm³/mol. The van der Waals surface area contributed by atoms with E-state index in [2.05, 4.69) is 33.8 Å². The summed E-state index contributed by atoms with van der Waals surface area (Å²) in [6.07, 6.45) is 2.36. The molecule has 0 aliphatic rings. The number of hydrogen-bond acceptors (Lipinski definition) is 0. The quantitative estimate of drug-likeness (QED) is 0.437. The third-order valence-electron chi connectivity index (χ3n) is 1.54. The van der Waals surface area contributed by atoms with Crippen molar-refractivity contribution in [1.82, 2.24) is 0 Å². The first kappa shape index (κ1) is 10.1. The van der Waals surface area contributed by atoms with E-state index in [4.69, 9.17) is 0 Å². The van der Waals surface area contributed by atoms with Gasteiger partial charge in [0.25, 0.3) is 0 Å². The van der Waals surface area contributed by atoms with Gasteiger partial charge in [0.15, 0.2) is 0 Å². The molecule has 0 N–H and O–H groups in total. The second-order valence-corrected chi connectivity index (χ2v) is 5.35. The van der Waals surface area contributed by atoms with E-state index in [0.717, 1.165) is 0 Å². The summed E-state index contributed by atoms with van der Waals surface area (Å²) in [5.74, 6) is 4.00. The van der Waals surface area contributed by atoms with Crippen LogP contribution in [0.25, 0.3) is 0 Å². The van der Waals surface area contributed by atoms with E-state index in [1.807, 2.05) is 0 Å². The smallest absolute Gasteiger partial charge is 0.0758 e. The largest absolute Gasteiger partial charge is 0.126 e. The molecule has 0 radical (unpaired) electrons. The highest BCUT2D eigenvalue weighted by atomic mass is 32.2. The molecular formula is C9H19S+. The van der Waals surface area contributed by atoms with Crippen molar-refractivity contribution in [2.24, 2.45) is 0 Å². The van der Waals surface area contributed by atoms with Crippen LogP contribution in [0.15, 0.2) is 11.6 Å². The van der Waals surface area contributed by atoms with Crippen molar-refractivity contribution in [3.05, 3.63) is 11.6 Å². The first-order chi connectivity index (χ1) is 4.70. The van der Waals surface area contributed by atoms with Crippen LogP contribution in [0.2, 0.25) is 0 Å². The molecule has 0 atom stereocenters. The molecule has 0 bridgehead atoms. The molecule has 0 spiro atoms. The van der Waals surface area contributed by atoms with Crippen LogP contribution >= 0.6 is 0 Å². The van der Waals surface area contributed by atoms with Crippen molar-refractivity contribution < 1.29 is 0 Å². The minimum Gasteiger partial charge on any atom is -0.0758 e. The van der Waals surface area contributed by atoms with Crippen molar-refractivity contribution >= 4 is 10.9 Å². The van der Waals surface area contributed by atoms with Gasteiger partial charge in [0.05, 0.1) is 0 Å². The van der Waals surface area contributed by atoms with Crippen LogP contribution in [0.4, 0.5) is 0 Å². The fraction of sp³-hybridized carbons (Fsp3) is 0.778. The van der Waals surface area contributed by atoms with Gasteiger partial charge < -0.3 is 0 Å².